The van der Waals surface area contributed by atoms with Crippen molar-refractivity contribution < 1.29 is 26.0 Å². The molecule has 0 bridgehead atoms. The zero-order valence-corrected chi connectivity index (χ0v) is 18.8. The Morgan fingerprint density at radius 1 is 1.09 bits per heavy atom. The van der Waals surface area contributed by atoms with E-state index in [-0.39, 0.29) is 17.9 Å². The molecule has 1 fully saturated rings. The smallest absolute Gasteiger partial charge is 0.348 e. The maximum absolute atomic E-state index is 13.4. The van der Waals surface area contributed by atoms with Gasteiger partial charge in [-0.2, -0.15) is 13.2 Å². The van der Waals surface area contributed by atoms with Crippen LogP contribution in [0.25, 0.3) is 11.3 Å². The Morgan fingerprint density at radius 2 is 1.78 bits per heavy atom. The lowest BCUT2D eigenvalue weighted by Gasteiger charge is -2.31. The van der Waals surface area contributed by atoms with Crippen LogP contribution >= 0.6 is 22.9 Å². The second-order valence-corrected chi connectivity index (χ2v) is 10.8. The minimum atomic E-state index is -4.75. The van der Waals surface area contributed by atoms with Crippen LogP contribution in [-0.2, 0) is 16.0 Å². The molecule has 0 amide bonds. The van der Waals surface area contributed by atoms with Gasteiger partial charge in [0.05, 0.1) is 26.4 Å². The molecule has 1 aliphatic heterocycles. The van der Waals surface area contributed by atoms with Gasteiger partial charge in [0.15, 0.2) is 15.0 Å². The molecule has 11 heteroatoms. The summed E-state index contributed by atoms with van der Waals surface area (Å²) in [7, 11) is -4.14. The summed E-state index contributed by atoms with van der Waals surface area (Å²) in [6.45, 7) is 0.685. The van der Waals surface area contributed by atoms with Gasteiger partial charge in [-0.25, -0.2) is 17.8 Å². The van der Waals surface area contributed by atoms with Gasteiger partial charge < -0.3 is 4.90 Å². The van der Waals surface area contributed by atoms with Crippen LogP contribution in [0.4, 0.5) is 22.7 Å². The molecule has 4 rings (SSSR count). The molecule has 0 aliphatic carbocycles. The average molecular weight is 505 g/mol. The van der Waals surface area contributed by atoms with Crippen molar-refractivity contribution in [2.45, 2.75) is 29.2 Å². The fourth-order valence-electron chi connectivity index (χ4n) is 3.68. The van der Waals surface area contributed by atoms with E-state index in [1.54, 1.807) is 11.4 Å². The number of aromatic nitrogens is 1. The molecule has 0 atom stereocenters. The van der Waals surface area contributed by atoms with Gasteiger partial charge in [-0.15, -0.1) is 11.3 Å². The summed E-state index contributed by atoms with van der Waals surface area (Å²) in [6, 6.07) is 8.59. The number of hydrogen-bond acceptors (Lipinski definition) is 5. The number of piperidine rings is 1. The highest BCUT2D eigenvalue weighted by atomic mass is 35.5. The molecule has 4 nitrogen and oxygen atoms in total. The molecule has 2 heterocycles. The highest BCUT2D eigenvalue weighted by Gasteiger charge is 2.40. The minimum absolute atomic E-state index is 0.0118. The molecule has 32 heavy (non-hydrogen) atoms. The number of anilines is 1. The van der Waals surface area contributed by atoms with Crippen molar-refractivity contribution in [3.05, 3.63) is 64.2 Å². The number of nitrogens with zero attached hydrogens (tertiary/aromatic N) is 2. The highest BCUT2D eigenvalue weighted by Crippen LogP contribution is 2.38. The monoisotopic (exact) mass is 504 g/mol. The van der Waals surface area contributed by atoms with Crippen molar-refractivity contribution in [2.75, 3.05) is 18.0 Å². The highest BCUT2D eigenvalue weighted by molar-refractivity contribution is 7.92. The fraction of sp³-hybridized carbons (Fsp3) is 0.286. The number of sulfone groups is 1. The molecule has 0 saturated carbocycles. The van der Waals surface area contributed by atoms with Crippen molar-refractivity contribution in [2.24, 2.45) is 0 Å². The van der Waals surface area contributed by atoms with Gasteiger partial charge in [0.2, 0.25) is 0 Å². The van der Waals surface area contributed by atoms with Crippen molar-refractivity contribution in [3.63, 3.8) is 0 Å². The predicted octanol–water partition coefficient (Wildman–Crippen LogP) is 6.06. The SMILES string of the molecule is O=S(=O)(c1ccccc1C(F)(F)F)C1CCN(c2nc(-c3ccc(F)c(Cl)c3)cs2)CC1. The first kappa shape index (κ1) is 23.0. The van der Waals surface area contributed by atoms with E-state index in [9.17, 15) is 26.0 Å². The van der Waals surface area contributed by atoms with E-state index in [1.165, 1.54) is 35.6 Å². The van der Waals surface area contributed by atoms with Gasteiger partial charge in [-0.1, -0.05) is 23.7 Å². The summed E-state index contributed by atoms with van der Waals surface area (Å²) in [5.74, 6) is -0.527. The number of hydrogen-bond donors (Lipinski definition) is 0. The minimum Gasteiger partial charge on any atom is -0.348 e. The van der Waals surface area contributed by atoms with E-state index in [2.05, 4.69) is 4.98 Å². The molecule has 1 aliphatic rings. The van der Waals surface area contributed by atoms with Crippen LogP contribution in [0.2, 0.25) is 5.02 Å². The van der Waals surface area contributed by atoms with Gasteiger partial charge in [0.25, 0.3) is 0 Å². The van der Waals surface area contributed by atoms with Crippen molar-refractivity contribution in [3.8, 4) is 11.3 Å². The Morgan fingerprint density at radius 3 is 2.44 bits per heavy atom. The number of alkyl halides is 3. The topological polar surface area (TPSA) is 50.3 Å². The lowest BCUT2D eigenvalue weighted by molar-refractivity contribution is -0.139. The lowest BCUT2D eigenvalue weighted by Crippen LogP contribution is -2.39. The van der Waals surface area contributed by atoms with Crippen molar-refractivity contribution in [1.82, 2.24) is 4.98 Å². The molecule has 1 saturated heterocycles. The third-order valence-corrected chi connectivity index (χ3v) is 8.87. The van der Waals surface area contributed by atoms with E-state index in [0.717, 1.165) is 12.1 Å². The van der Waals surface area contributed by atoms with Crippen LogP contribution in [0.3, 0.4) is 0 Å². The van der Waals surface area contributed by atoms with Crippen LogP contribution in [0.1, 0.15) is 18.4 Å². The second-order valence-electron chi connectivity index (χ2n) is 7.37. The summed E-state index contributed by atoms with van der Waals surface area (Å²) >= 11 is 7.18. The average Bonchev–Trinajstić information content (AvgIpc) is 3.25. The summed E-state index contributed by atoms with van der Waals surface area (Å²) in [5.41, 5.74) is 0.130. The zero-order valence-electron chi connectivity index (χ0n) is 16.4. The summed E-state index contributed by atoms with van der Waals surface area (Å²) in [5, 5.41) is 1.54. The fourth-order valence-corrected chi connectivity index (χ4v) is 6.70. The van der Waals surface area contributed by atoms with Crippen molar-refractivity contribution >= 4 is 37.9 Å². The number of rotatable bonds is 4. The van der Waals surface area contributed by atoms with Gasteiger partial charge in [0, 0.05) is 24.0 Å². The molecule has 0 spiro atoms. The van der Waals surface area contributed by atoms with Crippen LogP contribution in [-0.4, -0.2) is 31.7 Å². The standard InChI is InChI=1S/C21H17ClF4N2O2S2/c22-16-11-13(5-6-17(16)23)18-12-31-20(27-18)28-9-7-14(8-10-28)32(29,30)19-4-2-1-3-15(19)21(24,25)26/h1-6,11-12,14H,7-10H2. The third kappa shape index (κ3) is 4.49. The van der Waals surface area contributed by atoms with Crippen LogP contribution in [0.15, 0.2) is 52.7 Å². The molecular weight excluding hydrogens is 488 g/mol. The Balaban J connectivity index is 1.49. The van der Waals surface area contributed by atoms with E-state index < -0.39 is 37.5 Å². The van der Waals surface area contributed by atoms with E-state index in [0.29, 0.717) is 29.5 Å². The number of thiazole rings is 1. The van der Waals surface area contributed by atoms with E-state index in [4.69, 9.17) is 11.6 Å². The summed E-state index contributed by atoms with van der Waals surface area (Å²) < 4.78 is 79.3. The van der Waals surface area contributed by atoms with E-state index in [1.807, 2.05) is 4.90 Å². The molecule has 3 aromatic rings. The predicted molar refractivity (Wildman–Crippen MR) is 116 cm³/mol. The molecule has 2 aromatic carbocycles. The quantitative estimate of drug-likeness (QED) is 0.405. The maximum atomic E-state index is 13.4. The Kier molecular flexibility index (Phi) is 6.21. The molecule has 0 N–H and O–H groups in total. The maximum Gasteiger partial charge on any atom is 0.417 e. The molecule has 1 aromatic heterocycles. The number of benzene rings is 2. The Bertz CT molecular complexity index is 1240. The van der Waals surface area contributed by atoms with Gasteiger partial charge in [-0.05, 0) is 43.2 Å². The summed E-state index contributed by atoms with van der Waals surface area (Å²) in [6.07, 6.45) is -4.37. The van der Waals surface area contributed by atoms with Crippen molar-refractivity contribution in [1.29, 1.82) is 0 Å². The molecular formula is C21H17ClF4N2O2S2. The van der Waals surface area contributed by atoms with Gasteiger partial charge in [0.1, 0.15) is 5.82 Å². The first-order chi connectivity index (χ1) is 15.1. The van der Waals surface area contributed by atoms with Crippen LogP contribution in [0.5, 0.6) is 0 Å². The largest absolute Gasteiger partial charge is 0.417 e. The number of halogens is 5. The van der Waals surface area contributed by atoms with E-state index >= 15 is 0 Å². The van der Waals surface area contributed by atoms with Crippen LogP contribution in [0, 0.1) is 5.82 Å². The molecule has 0 unspecified atom stereocenters. The molecule has 0 radical (unpaired) electrons. The van der Waals surface area contributed by atoms with Gasteiger partial charge >= 0.3 is 6.18 Å². The first-order valence-corrected chi connectivity index (χ1v) is 12.4. The normalized spacial score (nSPS) is 15.8. The summed E-state index contributed by atoms with van der Waals surface area (Å²) in [4.78, 5) is 5.76. The Hall–Kier alpha value is -2.17. The third-order valence-electron chi connectivity index (χ3n) is 5.36. The zero-order chi connectivity index (χ0) is 23.1. The second kappa shape index (κ2) is 8.64. The Labute approximate surface area is 191 Å². The van der Waals surface area contributed by atoms with Gasteiger partial charge in [-0.3, -0.25) is 0 Å². The lowest BCUT2D eigenvalue weighted by atomic mass is 10.1. The first-order valence-electron chi connectivity index (χ1n) is 9.63. The molecule has 170 valence electrons. The van der Waals surface area contributed by atoms with Crippen LogP contribution < -0.4 is 4.90 Å².